The zero-order valence-corrected chi connectivity index (χ0v) is 31.9. The van der Waals surface area contributed by atoms with Crippen LogP contribution < -0.4 is 10.1 Å². The van der Waals surface area contributed by atoms with Gasteiger partial charge in [-0.15, -0.1) is 11.3 Å². The van der Waals surface area contributed by atoms with E-state index in [1.807, 2.05) is 42.5 Å². The van der Waals surface area contributed by atoms with Gasteiger partial charge >= 0.3 is 6.03 Å². The third-order valence-corrected chi connectivity index (χ3v) is 16.2. The number of thiophene rings is 1. The summed E-state index contributed by atoms with van der Waals surface area (Å²) in [6, 6.07) is 17.3. The number of urea groups is 1. The largest absolute Gasteiger partial charge is 0.497 e. The molecule has 8 nitrogen and oxygen atoms in total. The van der Waals surface area contributed by atoms with E-state index in [1.165, 1.54) is 0 Å². The number of fused-ring (bicyclic) bond motifs is 2. The van der Waals surface area contributed by atoms with Gasteiger partial charge in [0, 0.05) is 45.4 Å². The molecule has 1 aliphatic heterocycles. The Morgan fingerprint density at radius 3 is 2.49 bits per heavy atom. The van der Waals surface area contributed by atoms with E-state index in [2.05, 4.69) is 49.5 Å². The van der Waals surface area contributed by atoms with Crippen molar-refractivity contribution in [3.63, 3.8) is 0 Å². The maximum absolute atomic E-state index is 15.1. The van der Waals surface area contributed by atoms with Crippen LogP contribution in [0.4, 0.5) is 10.5 Å². The number of ether oxygens (including phenoxy) is 2. The number of aliphatic hydroxyl groups excluding tert-OH is 1. The van der Waals surface area contributed by atoms with Gasteiger partial charge < -0.3 is 29.9 Å². The Morgan fingerprint density at radius 1 is 0.981 bits per heavy atom. The van der Waals surface area contributed by atoms with Crippen molar-refractivity contribution < 1.29 is 29.3 Å². The SMILES string of the molecule is COc1ccc(NC(=O)N(CC2CCCO2)CC2(O)CCC3C45C=CC6(C=C4C(=O)c4cc7ccccc7s4)CC(O)CCC6(C)C5CCC32C)cc1. The number of hydrogen-bond donors (Lipinski definition) is 3. The van der Waals surface area contributed by atoms with E-state index in [4.69, 9.17) is 9.47 Å². The van der Waals surface area contributed by atoms with E-state index in [0.29, 0.717) is 37.4 Å². The molecule has 280 valence electrons. The molecule has 9 unspecified atom stereocenters. The van der Waals surface area contributed by atoms with Crippen LogP contribution in [0.5, 0.6) is 5.75 Å². The van der Waals surface area contributed by atoms with E-state index >= 15 is 4.79 Å². The van der Waals surface area contributed by atoms with E-state index in [0.717, 1.165) is 65.5 Å². The zero-order chi connectivity index (χ0) is 36.8. The molecule has 53 heavy (non-hydrogen) atoms. The van der Waals surface area contributed by atoms with Gasteiger partial charge in [0.1, 0.15) is 5.75 Å². The van der Waals surface area contributed by atoms with Gasteiger partial charge in [0.15, 0.2) is 5.78 Å². The van der Waals surface area contributed by atoms with Crippen LogP contribution in [0.15, 0.2) is 78.4 Å². The maximum Gasteiger partial charge on any atom is 0.322 e. The first kappa shape index (κ1) is 35.2. The lowest BCUT2D eigenvalue weighted by molar-refractivity contribution is -0.175. The number of benzene rings is 2. The number of anilines is 1. The van der Waals surface area contributed by atoms with Gasteiger partial charge in [-0.25, -0.2) is 4.79 Å². The molecule has 2 heterocycles. The quantitative estimate of drug-likeness (QED) is 0.158. The number of allylic oxidation sites excluding steroid dienone is 4. The second-order valence-corrected chi connectivity index (χ2v) is 18.5. The molecule has 0 radical (unpaired) electrons. The summed E-state index contributed by atoms with van der Waals surface area (Å²) in [5, 5.41) is 28.4. The molecule has 9 heteroatoms. The molecule has 2 bridgehead atoms. The first-order chi connectivity index (χ1) is 25.4. The van der Waals surface area contributed by atoms with Crippen LogP contribution in [0.2, 0.25) is 0 Å². The summed E-state index contributed by atoms with van der Waals surface area (Å²) in [7, 11) is 1.62. The van der Waals surface area contributed by atoms with Gasteiger partial charge in [0.25, 0.3) is 0 Å². The van der Waals surface area contributed by atoms with Gasteiger partial charge in [-0.2, -0.15) is 0 Å². The van der Waals surface area contributed by atoms with Crippen molar-refractivity contribution in [2.24, 2.45) is 33.5 Å². The number of Topliss-reactive ketones (excluding diaryl/α,β-unsaturated/α-hetero) is 1. The number of rotatable bonds is 8. The van der Waals surface area contributed by atoms with Gasteiger partial charge in [-0.3, -0.25) is 4.79 Å². The predicted octanol–water partition coefficient (Wildman–Crippen LogP) is 8.40. The second-order valence-electron chi connectivity index (χ2n) is 17.5. The van der Waals surface area contributed by atoms with Gasteiger partial charge in [-0.1, -0.05) is 50.3 Å². The number of carbonyl (C=O) groups excluding carboxylic acids is 2. The zero-order valence-electron chi connectivity index (χ0n) is 31.1. The molecule has 2 spiro atoms. The predicted molar refractivity (Wildman–Crippen MR) is 207 cm³/mol. The molecule has 6 aliphatic carbocycles. The third-order valence-electron chi connectivity index (χ3n) is 15.1. The fourth-order valence-corrected chi connectivity index (χ4v) is 13.3. The fraction of sp³-hybridized carbons (Fsp3) is 0.545. The minimum atomic E-state index is -1.18. The summed E-state index contributed by atoms with van der Waals surface area (Å²) in [6.07, 6.45) is 13.6. The fourth-order valence-electron chi connectivity index (χ4n) is 12.3. The maximum atomic E-state index is 15.1. The van der Waals surface area contributed by atoms with Crippen LogP contribution in [0.1, 0.15) is 81.3 Å². The summed E-state index contributed by atoms with van der Waals surface area (Å²) < 4.78 is 12.5. The average molecular weight is 737 g/mol. The van der Waals surface area contributed by atoms with Gasteiger partial charge in [-0.05, 0) is 117 Å². The van der Waals surface area contributed by atoms with Crippen molar-refractivity contribution in [3.8, 4) is 5.75 Å². The number of nitrogens with zero attached hydrogens (tertiary/aromatic N) is 1. The molecule has 4 fully saturated rings. The number of aliphatic hydroxyl groups is 2. The molecule has 3 aromatic rings. The number of nitrogens with one attached hydrogen (secondary N) is 1. The molecule has 9 atom stereocenters. The van der Waals surface area contributed by atoms with E-state index < -0.39 is 22.5 Å². The first-order valence-electron chi connectivity index (χ1n) is 19.6. The highest BCUT2D eigenvalue weighted by molar-refractivity contribution is 7.21. The lowest BCUT2D eigenvalue weighted by Gasteiger charge is -2.71. The van der Waals surface area contributed by atoms with Crippen molar-refractivity contribution in [1.82, 2.24) is 4.90 Å². The lowest BCUT2D eigenvalue weighted by atomic mass is 9.32. The monoisotopic (exact) mass is 736 g/mol. The lowest BCUT2D eigenvalue weighted by Crippen LogP contribution is -2.67. The summed E-state index contributed by atoms with van der Waals surface area (Å²) in [6.45, 7) is 5.91. The molecule has 2 amide bonds. The van der Waals surface area contributed by atoms with Crippen LogP contribution in [0.3, 0.4) is 0 Å². The molecule has 1 aromatic heterocycles. The molecule has 3 saturated carbocycles. The number of carbonyl (C=O) groups is 2. The molecular formula is C44H52N2O6S. The summed E-state index contributed by atoms with van der Waals surface area (Å²) in [5.41, 5.74) is -1.29. The Kier molecular flexibility index (Phi) is 8.32. The minimum absolute atomic E-state index is 0.00390. The second kappa shape index (κ2) is 12.5. The Hall–Kier alpha value is -3.50. The standard InChI is InChI=1S/C44H52N2O6S/c1-40-17-14-30(47)24-42(40)20-21-44(33(25-42)38(48)35-23-28-7-4-5-9-34(28)53-35)36(40)15-18-41(2)37(44)16-19-43(41,50)27-46(26-32-8-6-22-52-32)39(49)45-29-10-12-31(51-3)13-11-29/h4-5,7,9-13,20-21,23,25,30,32,36-37,47,50H,6,8,14-19,22,24,26-27H2,1-3H3,(H,45,49). The molecule has 1 saturated heterocycles. The molecule has 10 rings (SSSR count). The highest BCUT2D eigenvalue weighted by Gasteiger charge is 2.74. The summed E-state index contributed by atoms with van der Waals surface area (Å²) in [5.74, 6) is 0.992. The number of ketones is 1. The average Bonchev–Trinajstić information content (AvgIpc) is 3.89. The van der Waals surface area contributed by atoms with Crippen molar-refractivity contribution in [3.05, 3.63) is 83.3 Å². The van der Waals surface area contributed by atoms with E-state index in [-0.39, 0.29) is 47.1 Å². The Balaban J connectivity index is 1.09. The van der Waals surface area contributed by atoms with Crippen molar-refractivity contribution in [2.75, 3.05) is 32.1 Å². The smallest absolute Gasteiger partial charge is 0.322 e. The Morgan fingerprint density at radius 2 is 1.74 bits per heavy atom. The van der Waals surface area contributed by atoms with Gasteiger partial charge in [0.05, 0.1) is 36.3 Å². The van der Waals surface area contributed by atoms with Crippen LogP contribution in [-0.4, -0.2) is 71.5 Å². The van der Waals surface area contributed by atoms with Gasteiger partial charge in [0.2, 0.25) is 0 Å². The Bertz CT molecular complexity index is 1970. The molecular weight excluding hydrogens is 685 g/mol. The Labute approximate surface area is 316 Å². The van der Waals surface area contributed by atoms with Crippen molar-refractivity contribution >= 4 is 38.9 Å². The highest BCUT2D eigenvalue weighted by Crippen LogP contribution is 2.78. The molecule has 2 aromatic carbocycles. The van der Waals surface area contributed by atoms with Crippen LogP contribution >= 0.6 is 11.3 Å². The molecule has 7 aliphatic rings. The topological polar surface area (TPSA) is 108 Å². The first-order valence-corrected chi connectivity index (χ1v) is 20.4. The number of amides is 2. The van der Waals surface area contributed by atoms with Crippen molar-refractivity contribution in [2.45, 2.75) is 89.4 Å². The summed E-state index contributed by atoms with van der Waals surface area (Å²) in [4.78, 5) is 31.8. The number of hydrogen-bond acceptors (Lipinski definition) is 7. The van der Waals surface area contributed by atoms with E-state index in [1.54, 1.807) is 23.3 Å². The highest BCUT2D eigenvalue weighted by atomic mass is 32.1. The number of methoxy groups -OCH3 is 1. The van der Waals surface area contributed by atoms with Crippen LogP contribution in [-0.2, 0) is 4.74 Å². The van der Waals surface area contributed by atoms with Crippen LogP contribution in [0.25, 0.3) is 10.1 Å². The van der Waals surface area contributed by atoms with E-state index in [9.17, 15) is 15.0 Å². The molecule has 3 N–H and O–H groups in total. The normalized spacial score (nSPS) is 38.2. The third kappa shape index (κ3) is 5.16. The summed E-state index contributed by atoms with van der Waals surface area (Å²) >= 11 is 1.56. The van der Waals surface area contributed by atoms with Crippen LogP contribution in [0, 0.1) is 33.5 Å². The minimum Gasteiger partial charge on any atom is -0.497 e. The van der Waals surface area contributed by atoms with Crippen molar-refractivity contribution in [1.29, 1.82) is 0 Å².